The summed E-state index contributed by atoms with van der Waals surface area (Å²) in [6.07, 6.45) is 4.93. The lowest BCUT2D eigenvalue weighted by atomic mass is 9.89. The van der Waals surface area contributed by atoms with E-state index in [1.54, 1.807) is 0 Å². The van der Waals surface area contributed by atoms with Crippen LogP contribution in [0.15, 0.2) is 40.9 Å². The SMILES string of the molecule is [C-]#[N+]c1cc2c(cc1C)CCCC(Br)=C2c1ccc(CC2CN(CCCF)C2)cc1. The van der Waals surface area contributed by atoms with Crippen LogP contribution < -0.4 is 0 Å². The Labute approximate surface area is 187 Å². The highest BCUT2D eigenvalue weighted by molar-refractivity contribution is 9.11. The quantitative estimate of drug-likeness (QED) is 0.421. The number of allylic oxidation sites excluding steroid dienone is 1. The van der Waals surface area contributed by atoms with Crippen molar-refractivity contribution in [2.24, 2.45) is 5.92 Å². The van der Waals surface area contributed by atoms with E-state index in [9.17, 15) is 4.39 Å². The number of rotatable bonds is 6. The molecule has 156 valence electrons. The van der Waals surface area contributed by atoms with Crippen molar-refractivity contribution in [3.05, 3.63) is 80.1 Å². The second-order valence-electron chi connectivity index (χ2n) is 8.61. The first-order chi connectivity index (χ1) is 14.6. The lowest BCUT2D eigenvalue weighted by molar-refractivity contribution is 0.0968. The second kappa shape index (κ2) is 9.45. The van der Waals surface area contributed by atoms with Crippen LogP contribution in [0.3, 0.4) is 0 Å². The summed E-state index contributed by atoms with van der Waals surface area (Å²) in [5, 5.41) is 0. The highest BCUT2D eigenvalue weighted by atomic mass is 79.9. The van der Waals surface area contributed by atoms with Crippen LogP contribution in [0.5, 0.6) is 0 Å². The van der Waals surface area contributed by atoms with Crippen molar-refractivity contribution in [2.75, 3.05) is 26.3 Å². The monoisotopic (exact) mass is 466 g/mol. The molecule has 2 aromatic carbocycles. The number of likely N-dealkylation sites (tertiary alicyclic amines) is 1. The minimum atomic E-state index is -0.214. The van der Waals surface area contributed by atoms with E-state index in [4.69, 9.17) is 6.57 Å². The van der Waals surface area contributed by atoms with E-state index in [0.717, 1.165) is 56.6 Å². The zero-order valence-corrected chi connectivity index (χ0v) is 19.1. The molecule has 30 heavy (non-hydrogen) atoms. The predicted molar refractivity (Wildman–Crippen MR) is 126 cm³/mol. The van der Waals surface area contributed by atoms with E-state index in [1.807, 2.05) is 6.92 Å². The standard InChI is InChI=1S/C26H28BrFN2/c1-18-13-22-5-3-6-24(27)26(23(22)15-25(18)29-2)21-9-7-19(8-10-21)14-20-16-30(17-20)12-4-11-28/h7-10,13,15,20H,3-6,11-12,14,16-17H2,1H3. The van der Waals surface area contributed by atoms with Crippen LogP contribution in [-0.2, 0) is 12.8 Å². The summed E-state index contributed by atoms with van der Waals surface area (Å²) >= 11 is 3.85. The molecule has 1 heterocycles. The van der Waals surface area contributed by atoms with Crippen LogP contribution >= 0.6 is 15.9 Å². The molecule has 0 radical (unpaired) electrons. The van der Waals surface area contributed by atoms with E-state index in [-0.39, 0.29) is 6.67 Å². The van der Waals surface area contributed by atoms with Crippen LogP contribution in [0.2, 0.25) is 0 Å². The summed E-state index contributed by atoms with van der Waals surface area (Å²) in [5.74, 6) is 0.684. The van der Waals surface area contributed by atoms with Crippen molar-refractivity contribution in [1.29, 1.82) is 0 Å². The van der Waals surface area contributed by atoms with Gasteiger partial charge in [-0.2, -0.15) is 0 Å². The molecular weight excluding hydrogens is 439 g/mol. The van der Waals surface area contributed by atoms with Gasteiger partial charge in [-0.15, -0.1) is 0 Å². The molecule has 2 aliphatic rings. The molecule has 0 aromatic heterocycles. The number of aryl methyl sites for hydroxylation is 2. The summed E-state index contributed by atoms with van der Waals surface area (Å²) in [7, 11) is 0. The average molecular weight is 467 g/mol. The molecule has 2 nitrogen and oxygen atoms in total. The fourth-order valence-corrected chi connectivity index (χ4v) is 5.47. The first kappa shape index (κ1) is 21.3. The molecule has 0 spiro atoms. The highest BCUT2D eigenvalue weighted by Crippen LogP contribution is 2.40. The molecule has 0 amide bonds. The van der Waals surface area contributed by atoms with Gasteiger partial charge in [0.15, 0.2) is 5.69 Å². The third-order valence-electron chi connectivity index (χ3n) is 6.33. The molecular formula is C26H28BrFN2. The lowest BCUT2D eigenvalue weighted by Gasteiger charge is -2.39. The Balaban J connectivity index is 1.54. The Morgan fingerprint density at radius 3 is 2.63 bits per heavy atom. The average Bonchev–Trinajstić information content (AvgIpc) is 2.87. The molecule has 4 rings (SSSR count). The first-order valence-corrected chi connectivity index (χ1v) is 11.7. The van der Waals surface area contributed by atoms with Gasteiger partial charge in [0.05, 0.1) is 13.2 Å². The maximum absolute atomic E-state index is 12.3. The highest BCUT2D eigenvalue weighted by Gasteiger charge is 2.26. The van der Waals surface area contributed by atoms with Gasteiger partial charge in [-0.05, 0) is 84.4 Å². The molecule has 0 N–H and O–H groups in total. The third-order valence-corrected chi connectivity index (χ3v) is 7.13. The van der Waals surface area contributed by atoms with Gasteiger partial charge in [0.1, 0.15) is 0 Å². The zero-order valence-electron chi connectivity index (χ0n) is 17.6. The fraction of sp³-hybridized carbons (Fsp3) is 0.423. The number of benzene rings is 2. The molecule has 0 unspecified atom stereocenters. The normalized spacial score (nSPS) is 17.3. The van der Waals surface area contributed by atoms with Gasteiger partial charge in [-0.3, -0.25) is 4.39 Å². The first-order valence-electron chi connectivity index (χ1n) is 10.9. The summed E-state index contributed by atoms with van der Waals surface area (Å²) in [4.78, 5) is 6.08. The van der Waals surface area contributed by atoms with Crippen LogP contribution in [-0.4, -0.2) is 31.2 Å². The van der Waals surface area contributed by atoms with Gasteiger partial charge in [0.2, 0.25) is 0 Å². The number of nitrogens with zero attached hydrogens (tertiary/aromatic N) is 2. The van der Waals surface area contributed by atoms with E-state index in [2.05, 4.69) is 62.1 Å². The van der Waals surface area contributed by atoms with E-state index in [1.165, 1.54) is 32.3 Å². The number of fused-ring (bicyclic) bond motifs is 1. The van der Waals surface area contributed by atoms with Gasteiger partial charge in [-0.25, -0.2) is 4.85 Å². The lowest BCUT2D eigenvalue weighted by Crippen LogP contribution is -2.47. The summed E-state index contributed by atoms with van der Waals surface area (Å²) in [6, 6.07) is 13.3. The number of alkyl halides is 1. The summed E-state index contributed by atoms with van der Waals surface area (Å²) < 4.78 is 13.5. The van der Waals surface area contributed by atoms with Gasteiger partial charge < -0.3 is 4.90 Å². The number of hydrogen-bond acceptors (Lipinski definition) is 1. The molecule has 1 aliphatic carbocycles. The molecule has 4 heteroatoms. The number of hydrogen-bond donors (Lipinski definition) is 0. The van der Waals surface area contributed by atoms with E-state index in [0.29, 0.717) is 12.3 Å². The zero-order chi connectivity index (χ0) is 21.1. The minimum Gasteiger partial charge on any atom is -0.303 e. The maximum Gasteiger partial charge on any atom is 0.190 e. The Kier molecular flexibility index (Phi) is 6.71. The summed E-state index contributed by atoms with van der Waals surface area (Å²) in [5.41, 5.74) is 8.17. The minimum absolute atomic E-state index is 0.214. The molecule has 1 fully saturated rings. The smallest absolute Gasteiger partial charge is 0.190 e. The summed E-state index contributed by atoms with van der Waals surface area (Å²) in [6.45, 7) is 12.4. The molecule has 0 saturated carbocycles. The van der Waals surface area contributed by atoms with Crippen molar-refractivity contribution in [3.63, 3.8) is 0 Å². The van der Waals surface area contributed by atoms with E-state index >= 15 is 0 Å². The van der Waals surface area contributed by atoms with Crippen molar-refractivity contribution in [2.45, 2.75) is 39.0 Å². The Bertz CT molecular complexity index is 981. The largest absolute Gasteiger partial charge is 0.303 e. The Morgan fingerprint density at radius 2 is 1.93 bits per heavy atom. The maximum atomic E-state index is 12.3. The van der Waals surface area contributed by atoms with Crippen molar-refractivity contribution in [3.8, 4) is 0 Å². The van der Waals surface area contributed by atoms with Gasteiger partial charge >= 0.3 is 0 Å². The number of halogens is 2. The van der Waals surface area contributed by atoms with Crippen LogP contribution in [0.25, 0.3) is 10.4 Å². The van der Waals surface area contributed by atoms with Gasteiger partial charge in [0, 0.05) is 24.1 Å². The van der Waals surface area contributed by atoms with Crippen molar-refractivity contribution < 1.29 is 4.39 Å². The Morgan fingerprint density at radius 1 is 1.17 bits per heavy atom. The van der Waals surface area contributed by atoms with E-state index < -0.39 is 0 Å². The molecule has 2 aromatic rings. The second-order valence-corrected chi connectivity index (χ2v) is 9.57. The van der Waals surface area contributed by atoms with Crippen molar-refractivity contribution in [1.82, 2.24) is 4.90 Å². The molecule has 0 atom stereocenters. The third kappa shape index (κ3) is 4.53. The van der Waals surface area contributed by atoms with Crippen LogP contribution in [0, 0.1) is 19.4 Å². The fourth-order valence-electron chi connectivity index (χ4n) is 4.75. The molecule has 1 aliphatic heterocycles. The van der Waals surface area contributed by atoms with Crippen LogP contribution in [0.1, 0.15) is 47.1 Å². The molecule has 0 bridgehead atoms. The van der Waals surface area contributed by atoms with Crippen LogP contribution in [0.4, 0.5) is 10.1 Å². The topological polar surface area (TPSA) is 7.60 Å². The van der Waals surface area contributed by atoms with Crippen molar-refractivity contribution >= 4 is 27.2 Å². The molecule has 1 saturated heterocycles. The predicted octanol–water partition coefficient (Wildman–Crippen LogP) is 6.87. The van der Waals surface area contributed by atoms with Gasteiger partial charge in [-0.1, -0.05) is 46.3 Å². The Hall–Kier alpha value is -1.96. The van der Waals surface area contributed by atoms with Gasteiger partial charge in [0.25, 0.3) is 0 Å².